The fourth-order valence-corrected chi connectivity index (χ4v) is 5.46. The standard InChI is InChI=1S/C20H26S2/c1-11-13-9-15(19(3,4)5)22-18(13)12(2)14-10-16(20(6,7)8)21-17(11)14/h9-10H,1-8H3. The van der Waals surface area contributed by atoms with E-state index in [2.05, 4.69) is 67.5 Å². The van der Waals surface area contributed by atoms with Crippen molar-refractivity contribution in [3.05, 3.63) is 33.0 Å². The molecule has 22 heavy (non-hydrogen) atoms. The second-order valence-corrected chi connectivity index (χ2v) is 10.6. The Morgan fingerprint density at radius 1 is 0.636 bits per heavy atom. The van der Waals surface area contributed by atoms with Gasteiger partial charge in [0.2, 0.25) is 0 Å². The molecule has 0 atom stereocenters. The predicted molar refractivity (Wildman–Crippen MR) is 104 cm³/mol. The lowest BCUT2D eigenvalue weighted by Gasteiger charge is -2.15. The first-order chi connectivity index (χ1) is 10.00. The van der Waals surface area contributed by atoms with Gasteiger partial charge in [0, 0.05) is 19.2 Å². The Bertz CT molecular complexity index is 734. The van der Waals surface area contributed by atoms with Crippen LogP contribution in [0, 0.1) is 13.8 Å². The van der Waals surface area contributed by atoms with Crippen LogP contribution in [0.25, 0.3) is 20.2 Å². The number of rotatable bonds is 0. The summed E-state index contributed by atoms with van der Waals surface area (Å²) in [5.41, 5.74) is 3.38. The molecule has 1 aromatic carbocycles. The third-order valence-electron chi connectivity index (χ3n) is 4.43. The molecule has 0 radical (unpaired) electrons. The molecule has 0 spiro atoms. The Kier molecular flexibility index (Phi) is 3.51. The number of hydrogen-bond donors (Lipinski definition) is 0. The smallest absolute Gasteiger partial charge is 0.0384 e. The molecule has 3 aromatic rings. The van der Waals surface area contributed by atoms with E-state index in [1.165, 1.54) is 41.1 Å². The van der Waals surface area contributed by atoms with Crippen molar-refractivity contribution in [2.45, 2.75) is 66.2 Å². The minimum atomic E-state index is 0.229. The van der Waals surface area contributed by atoms with Crippen molar-refractivity contribution in [3.8, 4) is 0 Å². The molecule has 0 aliphatic rings. The van der Waals surface area contributed by atoms with Crippen LogP contribution >= 0.6 is 22.7 Å². The molecule has 2 aromatic heterocycles. The van der Waals surface area contributed by atoms with Crippen molar-refractivity contribution in [2.24, 2.45) is 0 Å². The van der Waals surface area contributed by atoms with Crippen LogP contribution in [0.15, 0.2) is 12.1 Å². The van der Waals surface area contributed by atoms with Crippen LogP contribution in [0.3, 0.4) is 0 Å². The molecule has 0 amide bonds. The Hall–Kier alpha value is -0.860. The quantitative estimate of drug-likeness (QED) is 0.405. The maximum Gasteiger partial charge on any atom is 0.0384 e. The fraction of sp³-hybridized carbons (Fsp3) is 0.500. The van der Waals surface area contributed by atoms with Gasteiger partial charge in [-0.25, -0.2) is 0 Å². The second-order valence-electron chi connectivity index (χ2n) is 8.46. The SMILES string of the molecule is Cc1c2cc(C(C)(C)C)sc2c(C)c2cc(C(C)(C)C)sc12. The van der Waals surface area contributed by atoms with Crippen molar-refractivity contribution in [2.75, 3.05) is 0 Å². The third kappa shape index (κ3) is 2.41. The van der Waals surface area contributed by atoms with Crippen molar-refractivity contribution in [3.63, 3.8) is 0 Å². The molecule has 0 unspecified atom stereocenters. The van der Waals surface area contributed by atoms with E-state index in [4.69, 9.17) is 0 Å². The topological polar surface area (TPSA) is 0 Å². The highest BCUT2D eigenvalue weighted by atomic mass is 32.1. The molecule has 0 aliphatic carbocycles. The summed E-state index contributed by atoms with van der Waals surface area (Å²) in [6.45, 7) is 18.4. The Morgan fingerprint density at radius 3 is 1.23 bits per heavy atom. The van der Waals surface area contributed by atoms with Crippen LogP contribution in [-0.2, 0) is 10.8 Å². The normalized spacial score (nSPS) is 13.5. The van der Waals surface area contributed by atoms with Crippen LogP contribution in [-0.4, -0.2) is 0 Å². The van der Waals surface area contributed by atoms with Crippen molar-refractivity contribution >= 4 is 42.8 Å². The molecule has 2 heterocycles. The van der Waals surface area contributed by atoms with Crippen molar-refractivity contribution in [1.29, 1.82) is 0 Å². The first-order valence-corrected chi connectivity index (χ1v) is 9.60. The summed E-state index contributed by atoms with van der Waals surface area (Å²) in [4.78, 5) is 2.98. The monoisotopic (exact) mass is 330 g/mol. The lowest BCUT2D eigenvalue weighted by atomic mass is 9.92. The molecule has 0 bridgehead atoms. The van der Waals surface area contributed by atoms with Gasteiger partial charge >= 0.3 is 0 Å². The van der Waals surface area contributed by atoms with E-state index in [9.17, 15) is 0 Å². The van der Waals surface area contributed by atoms with E-state index < -0.39 is 0 Å². The number of aryl methyl sites for hydroxylation is 2. The third-order valence-corrected chi connectivity index (χ3v) is 7.79. The number of hydrogen-bond acceptors (Lipinski definition) is 2. The number of benzene rings is 1. The molecule has 0 nitrogen and oxygen atoms in total. The van der Waals surface area contributed by atoms with Gasteiger partial charge in [0.15, 0.2) is 0 Å². The van der Waals surface area contributed by atoms with Gasteiger partial charge in [-0.1, -0.05) is 41.5 Å². The summed E-state index contributed by atoms with van der Waals surface area (Å²) in [5, 5.41) is 2.92. The molecule has 0 saturated carbocycles. The van der Waals surface area contributed by atoms with Crippen LogP contribution in [0.5, 0.6) is 0 Å². The van der Waals surface area contributed by atoms with E-state index >= 15 is 0 Å². The van der Waals surface area contributed by atoms with Gasteiger partial charge < -0.3 is 0 Å². The minimum absolute atomic E-state index is 0.229. The van der Waals surface area contributed by atoms with Gasteiger partial charge in [0.1, 0.15) is 0 Å². The highest BCUT2D eigenvalue weighted by Gasteiger charge is 2.23. The average Bonchev–Trinajstić information content (AvgIpc) is 2.99. The first-order valence-electron chi connectivity index (χ1n) is 7.97. The molecule has 118 valence electrons. The second kappa shape index (κ2) is 4.82. The zero-order valence-electron chi connectivity index (χ0n) is 15.0. The van der Waals surface area contributed by atoms with E-state index in [0.29, 0.717) is 0 Å². The van der Waals surface area contributed by atoms with Crippen molar-refractivity contribution < 1.29 is 0 Å². The number of thiophene rings is 2. The summed E-state index contributed by atoms with van der Waals surface area (Å²) in [5.74, 6) is 0. The number of fused-ring (bicyclic) bond motifs is 2. The van der Waals surface area contributed by atoms with Gasteiger partial charge in [0.25, 0.3) is 0 Å². The van der Waals surface area contributed by atoms with E-state index in [-0.39, 0.29) is 10.8 Å². The lowest BCUT2D eigenvalue weighted by molar-refractivity contribution is 0.604. The maximum absolute atomic E-state index is 2.43. The molecule has 2 heteroatoms. The van der Waals surface area contributed by atoms with E-state index in [1.54, 1.807) is 0 Å². The molecule has 3 rings (SSSR count). The molecule has 0 aliphatic heterocycles. The van der Waals surface area contributed by atoms with Crippen LogP contribution < -0.4 is 0 Å². The van der Waals surface area contributed by atoms with Crippen molar-refractivity contribution in [1.82, 2.24) is 0 Å². The van der Waals surface area contributed by atoms with Crippen LogP contribution in [0.1, 0.15) is 62.4 Å². The van der Waals surface area contributed by atoms with Gasteiger partial charge in [-0.2, -0.15) is 0 Å². The van der Waals surface area contributed by atoms with Gasteiger partial charge in [-0.05, 0) is 58.7 Å². The Balaban J connectivity index is 2.38. The molecular weight excluding hydrogens is 304 g/mol. The summed E-state index contributed by atoms with van der Waals surface area (Å²) in [6, 6.07) is 4.86. The zero-order chi connectivity index (χ0) is 16.4. The molecule has 0 N–H and O–H groups in total. The Labute approximate surface area is 142 Å². The summed E-state index contributed by atoms with van der Waals surface area (Å²) in [6.07, 6.45) is 0. The van der Waals surface area contributed by atoms with Gasteiger partial charge in [0.05, 0.1) is 0 Å². The Morgan fingerprint density at radius 2 is 0.955 bits per heavy atom. The molecule has 0 fully saturated rings. The van der Waals surface area contributed by atoms with Crippen LogP contribution in [0.2, 0.25) is 0 Å². The minimum Gasteiger partial charge on any atom is -0.139 e. The lowest BCUT2D eigenvalue weighted by Crippen LogP contribution is -2.07. The first kappa shape index (κ1) is 16.0. The molecule has 0 saturated heterocycles. The molecular formula is C20H26S2. The van der Waals surface area contributed by atoms with Gasteiger partial charge in [-0.15, -0.1) is 22.7 Å². The van der Waals surface area contributed by atoms with E-state index in [1.807, 2.05) is 22.7 Å². The highest BCUT2D eigenvalue weighted by molar-refractivity contribution is 7.21. The summed E-state index contributed by atoms with van der Waals surface area (Å²) in [7, 11) is 0. The highest BCUT2D eigenvalue weighted by Crippen LogP contribution is 2.45. The van der Waals surface area contributed by atoms with E-state index in [0.717, 1.165) is 0 Å². The average molecular weight is 331 g/mol. The predicted octanol–water partition coefficient (Wildman–Crippen LogP) is 7.33. The van der Waals surface area contributed by atoms with Crippen LogP contribution in [0.4, 0.5) is 0 Å². The maximum atomic E-state index is 2.43. The summed E-state index contributed by atoms with van der Waals surface area (Å²) >= 11 is 3.96. The van der Waals surface area contributed by atoms with Gasteiger partial charge in [-0.3, -0.25) is 0 Å². The fourth-order valence-electron chi connectivity index (χ4n) is 2.88. The zero-order valence-corrected chi connectivity index (χ0v) is 16.6. The summed E-state index contributed by atoms with van der Waals surface area (Å²) < 4.78 is 2.96. The largest absolute Gasteiger partial charge is 0.139 e.